The monoisotopic (exact) mass is 341 g/mol. The number of carboxylic acids is 1. The molecule has 0 unspecified atom stereocenters. The number of nitrogens with zero attached hydrogens (tertiary/aromatic N) is 1. The summed E-state index contributed by atoms with van der Waals surface area (Å²) in [6.07, 6.45) is 1.66. The fraction of sp³-hybridized carbons (Fsp3) is 0.118. The third kappa shape index (κ3) is 2.85. The Morgan fingerprint density at radius 3 is 2.62 bits per heavy atom. The summed E-state index contributed by atoms with van der Waals surface area (Å²) in [6, 6.07) is 8.33. The summed E-state index contributed by atoms with van der Waals surface area (Å²) in [6.45, 7) is 3.75. The molecule has 2 aromatic rings. The summed E-state index contributed by atoms with van der Waals surface area (Å²) in [5.74, 6) is -1.65. The Morgan fingerprint density at radius 1 is 1.25 bits per heavy atom. The van der Waals surface area contributed by atoms with Gasteiger partial charge in [0.2, 0.25) is 0 Å². The van der Waals surface area contributed by atoms with Gasteiger partial charge in [-0.3, -0.25) is 14.9 Å². The van der Waals surface area contributed by atoms with Gasteiger partial charge in [-0.15, -0.1) is 0 Å². The number of hydrogen-bond acceptors (Lipinski definition) is 5. The predicted octanol–water partition coefficient (Wildman–Crippen LogP) is 1.78. The highest BCUT2D eigenvalue weighted by atomic mass is 32.2. The standard InChI is InChI=1S/C17H14N2O4S/c1-9-6-12(8-14-15(20)18-17(23)24-14)10(2)19(9)13-5-3-4-11(7-13)16(21)22/h3-8H,1-2H3,(H,21,22)(H,18,20,23)/p-1/b14-8-. The smallest absolute Gasteiger partial charge is 0.290 e. The Bertz CT molecular complexity index is 911. The van der Waals surface area contributed by atoms with Crippen LogP contribution < -0.4 is 10.4 Å². The molecule has 122 valence electrons. The number of amides is 2. The number of aromatic nitrogens is 1. The summed E-state index contributed by atoms with van der Waals surface area (Å²) >= 11 is 0.861. The van der Waals surface area contributed by atoms with E-state index in [-0.39, 0.29) is 10.8 Å². The van der Waals surface area contributed by atoms with E-state index in [1.54, 1.807) is 18.2 Å². The SMILES string of the molecule is Cc1cc(/C=C2\SC(=O)NC2=O)c(C)n1-c1cccc(C(=O)[O-])c1. The first-order valence-corrected chi connectivity index (χ1v) is 7.94. The second kappa shape index (κ2) is 6.01. The maximum absolute atomic E-state index is 11.7. The van der Waals surface area contributed by atoms with Crippen molar-refractivity contribution in [3.8, 4) is 5.69 Å². The van der Waals surface area contributed by atoms with Crippen LogP contribution in [0.15, 0.2) is 35.2 Å². The highest BCUT2D eigenvalue weighted by Gasteiger charge is 2.25. The van der Waals surface area contributed by atoms with E-state index >= 15 is 0 Å². The number of rotatable bonds is 3. The van der Waals surface area contributed by atoms with Crippen molar-refractivity contribution >= 4 is 35.0 Å². The third-order valence-electron chi connectivity index (χ3n) is 3.74. The van der Waals surface area contributed by atoms with Crippen molar-refractivity contribution in [2.45, 2.75) is 13.8 Å². The van der Waals surface area contributed by atoms with Crippen molar-refractivity contribution in [3.05, 3.63) is 57.8 Å². The second-order valence-corrected chi connectivity index (χ2v) is 6.37. The van der Waals surface area contributed by atoms with E-state index in [0.29, 0.717) is 10.6 Å². The van der Waals surface area contributed by atoms with E-state index in [9.17, 15) is 19.5 Å². The van der Waals surface area contributed by atoms with Crippen LogP contribution in [-0.2, 0) is 4.79 Å². The quantitative estimate of drug-likeness (QED) is 0.859. The molecule has 0 radical (unpaired) electrons. The van der Waals surface area contributed by atoms with Crippen molar-refractivity contribution < 1.29 is 19.5 Å². The first-order valence-electron chi connectivity index (χ1n) is 7.12. The van der Waals surface area contributed by atoms with Crippen LogP contribution in [0.1, 0.15) is 27.3 Å². The largest absolute Gasteiger partial charge is 0.545 e. The lowest BCUT2D eigenvalue weighted by molar-refractivity contribution is -0.255. The van der Waals surface area contributed by atoms with Crippen LogP contribution in [0, 0.1) is 13.8 Å². The molecule has 0 spiro atoms. The van der Waals surface area contributed by atoms with E-state index in [1.165, 1.54) is 12.1 Å². The number of nitrogens with one attached hydrogen (secondary N) is 1. The summed E-state index contributed by atoms with van der Waals surface area (Å²) in [4.78, 5) is 34.3. The maximum Gasteiger partial charge on any atom is 0.290 e. The van der Waals surface area contributed by atoms with Gasteiger partial charge in [0.1, 0.15) is 0 Å². The topological polar surface area (TPSA) is 91.2 Å². The van der Waals surface area contributed by atoms with Gasteiger partial charge in [0, 0.05) is 17.1 Å². The van der Waals surface area contributed by atoms with Crippen LogP contribution in [0.25, 0.3) is 11.8 Å². The van der Waals surface area contributed by atoms with Crippen molar-refractivity contribution in [1.82, 2.24) is 9.88 Å². The molecule has 24 heavy (non-hydrogen) atoms. The Kier molecular flexibility index (Phi) is 4.02. The van der Waals surface area contributed by atoms with Crippen molar-refractivity contribution in [3.63, 3.8) is 0 Å². The minimum absolute atomic E-state index is 0.0937. The zero-order chi connectivity index (χ0) is 17.4. The third-order valence-corrected chi connectivity index (χ3v) is 4.55. The summed E-state index contributed by atoms with van der Waals surface area (Å²) in [5.41, 5.74) is 3.29. The van der Waals surface area contributed by atoms with Crippen LogP contribution in [0.4, 0.5) is 4.79 Å². The molecule has 0 bridgehead atoms. The first kappa shape index (κ1) is 16.1. The summed E-state index contributed by atoms with van der Waals surface area (Å²) in [7, 11) is 0. The van der Waals surface area contributed by atoms with Crippen LogP contribution in [0.3, 0.4) is 0 Å². The van der Waals surface area contributed by atoms with E-state index in [4.69, 9.17) is 0 Å². The van der Waals surface area contributed by atoms with Crippen LogP contribution in [0.2, 0.25) is 0 Å². The lowest BCUT2D eigenvalue weighted by Gasteiger charge is -2.12. The zero-order valence-corrected chi connectivity index (χ0v) is 13.8. The van der Waals surface area contributed by atoms with Crippen LogP contribution in [-0.4, -0.2) is 21.7 Å². The van der Waals surface area contributed by atoms with Gasteiger partial charge >= 0.3 is 0 Å². The first-order chi connectivity index (χ1) is 11.4. The molecule has 1 fully saturated rings. The van der Waals surface area contributed by atoms with Crippen LogP contribution in [0.5, 0.6) is 0 Å². The number of benzene rings is 1. The number of carbonyl (C=O) groups is 3. The number of carbonyl (C=O) groups excluding carboxylic acids is 3. The summed E-state index contributed by atoms with van der Waals surface area (Å²) in [5, 5.41) is 12.9. The van der Waals surface area contributed by atoms with E-state index in [1.807, 2.05) is 24.5 Å². The molecule has 1 saturated heterocycles. The molecule has 1 aliphatic rings. The second-order valence-electron chi connectivity index (χ2n) is 5.35. The Hall–Kier alpha value is -2.80. The minimum atomic E-state index is -1.24. The number of aromatic carboxylic acids is 1. The maximum atomic E-state index is 11.7. The molecule has 3 rings (SSSR count). The van der Waals surface area contributed by atoms with Gasteiger partial charge < -0.3 is 14.5 Å². The molecule has 2 heterocycles. The zero-order valence-electron chi connectivity index (χ0n) is 13.0. The van der Waals surface area contributed by atoms with Gasteiger partial charge in [-0.2, -0.15) is 0 Å². The molecule has 0 saturated carbocycles. The molecule has 2 amide bonds. The van der Waals surface area contributed by atoms with Gasteiger partial charge in [-0.05, 0) is 61.0 Å². The molecule has 1 N–H and O–H groups in total. The van der Waals surface area contributed by atoms with Crippen LogP contribution >= 0.6 is 11.8 Å². The number of imide groups is 1. The van der Waals surface area contributed by atoms with Gasteiger partial charge in [-0.25, -0.2) is 0 Å². The Balaban J connectivity index is 2.06. The molecule has 7 heteroatoms. The average Bonchev–Trinajstić information content (AvgIpc) is 2.98. The van der Waals surface area contributed by atoms with Gasteiger partial charge in [0.05, 0.1) is 10.9 Å². The number of hydrogen-bond donors (Lipinski definition) is 1. The van der Waals surface area contributed by atoms with Crippen molar-refractivity contribution in [1.29, 1.82) is 0 Å². The van der Waals surface area contributed by atoms with Gasteiger partial charge in [-0.1, -0.05) is 12.1 Å². The van der Waals surface area contributed by atoms with E-state index < -0.39 is 11.9 Å². The number of carboxylic acid groups (broad SMARTS) is 1. The molecule has 6 nitrogen and oxygen atoms in total. The predicted molar refractivity (Wildman–Crippen MR) is 88.7 cm³/mol. The average molecular weight is 341 g/mol. The fourth-order valence-corrected chi connectivity index (χ4v) is 3.34. The summed E-state index contributed by atoms with van der Waals surface area (Å²) < 4.78 is 1.89. The molecular weight excluding hydrogens is 328 g/mol. The molecule has 0 atom stereocenters. The Labute approximate surface area is 142 Å². The fourth-order valence-electron chi connectivity index (χ4n) is 2.67. The number of thioether (sulfide) groups is 1. The minimum Gasteiger partial charge on any atom is -0.545 e. The Morgan fingerprint density at radius 2 is 2.00 bits per heavy atom. The van der Waals surface area contributed by atoms with Crippen molar-refractivity contribution in [2.24, 2.45) is 0 Å². The van der Waals surface area contributed by atoms with E-state index in [0.717, 1.165) is 28.7 Å². The van der Waals surface area contributed by atoms with Gasteiger partial charge in [0.15, 0.2) is 0 Å². The number of aryl methyl sites for hydroxylation is 1. The van der Waals surface area contributed by atoms with Crippen molar-refractivity contribution in [2.75, 3.05) is 0 Å². The normalized spacial score (nSPS) is 15.8. The highest BCUT2D eigenvalue weighted by Crippen LogP contribution is 2.29. The van der Waals surface area contributed by atoms with E-state index in [2.05, 4.69) is 5.32 Å². The molecule has 1 aromatic carbocycles. The van der Waals surface area contributed by atoms with Gasteiger partial charge in [0.25, 0.3) is 11.1 Å². The molecule has 1 aliphatic heterocycles. The molecule has 0 aliphatic carbocycles. The lowest BCUT2D eigenvalue weighted by atomic mass is 10.2. The molecule has 1 aromatic heterocycles. The lowest BCUT2D eigenvalue weighted by Crippen LogP contribution is -2.22. The molecular formula is C17H13N2O4S-. The highest BCUT2D eigenvalue weighted by molar-refractivity contribution is 8.18.